The minimum Gasteiger partial charge on any atom is -0.497 e. The molecule has 0 bridgehead atoms. The van der Waals surface area contributed by atoms with E-state index in [2.05, 4.69) is 45.6 Å². The highest BCUT2D eigenvalue weighted by Crippen LogP contribution is 2.18. The molecule has 0 radical (unpaired) electrons. The number of nitrogens with zero attached hydrogens (tertiary/aromatic N) is 3. The van der Waals surface area contributed by atoms with Crippen molar-refractivity contribution >= 4 is 35.8 Å². The highest BCUT2D eigenvalue weighted by Gasteiger charge is 2.13. The van der Waals surface area contributed by atoms with Gasteiger partial charge in [0.05, 0.1) is 13.7 Å². The highest BCUT2D eigenvalue weighted by atomic mass is 127. The second kappa shape index (κ2) is 12.5. The van der Waals surface area contributed by atoms with Crippen LogP contribution in [-0.4, -0.2) is 44.2 Å². The Kier molecular flexibility index (Phi) is 10.0. The van der Waals surface area contributed by atoms with Crippen LogP contribution in [0.15, 0.2) is 47.6 Å². The molecular weight excluding hydrogens is 477 g/mol. The van der Waals surface area contributed by atoms with Gasteiger partial charge in [-0.15, -0.1) is 24.0 Å². The molecule has 29 heavy (non-hydrogen) atoms. The van der Waals surface area contributed by atoms with Crippen molar-refractivity contribution < 1.29 is 4.74 Å². The first kappa shape index (κ1) is 23.3. The lowest BCUT2D eigenvalue weighted by Crippen LogP contribution is -2.38. The smallest absolute Gasteiger partial charge is 0.191 e. The number of rotatable bonds is 8. The SMILES string of the molecule is CCNC(=NCc1ccnc(N2CCCC2)c1)NCCc1ccc(OC)cc1.I. The molecule has 0 spiro atoms. The molecule has 6 nitrogen and oxygen atoms in total. The van der Waals surface area contributed by atoms with E-state index in [0.29, 0.717) is 6.54 Å². The quantitative estimate of drug-likeness (QED) is 0.324. The molecule has 0 amide bonds. The first-order valence-electron chi connectivity index (χ1n) is 10.1. The van der Waals surface area contributed by atoms with E-state index >= 15 is 0 Å². The molecular formula is C22H32IN5O. The van der Waals surface area contributed by atoms with Crippen molar-refractivity contribution in [1.82, 2.24) is 15.6 Å². The number of hydrogen-bond donors (Lipinski definition) is 2. The number of guanidine groups is 1. The number of ether oxygens (including phenoxy) is 1. The number of anilines is 1. The molecule has 1 fully saturated rings. The number of aromatic nitrogens is 1. The molecule has 2 heterocycles. The fourth-order valence-corrected chi connectivity index (χ4v) is 3.31. The zero-order valence-corrected chi connectivity index (χ0v) is 19.7. The summed E-state index contributed by atoms with van der Waals surface area (Å²) in [5, 5.41) is 6.74. The predicted molar refractivity (Wildman–Crippen MR) is 131 cm³/mol. The summed E-state index contributed by atoms with van der Waals surface area (Å²) in [7, 11) is 1.69. The Balaban J connectivity index is 0.00000300. The van der Waals surface area contributed by atoms with E-state index in [1.54, 1.807) is 7.11 Å². The van der Waals surface area contributed by atoms with E-state index in [0.717, 1.165) is 50.1 Å². The predicted octanol–water partition coefficient (Wildman–Crippen LogP) is 3.61. The molecule has 3 rings (SSSR count). The molecule has 0 unspecified atom stereocenters. The number of benzene rings is 1. The maximum Gasteiger partial charge on any atom is 0.191 e. The van der Waals surface area contributed by atoms with Crippen LogP contribution in [0.2, 0.25) is 0 Å². The normalized spacial score (nSPS) is 13.7. The van der Waals surface area contributed by atoms with E-state index < -0.39 is 0 Å². The Hall–Kier alpha value is -2.03. The topological polar surface area (TPSA) is 61.8 Å². The fraction of sp³-hybridized carbons (Fsp3) is 0.455. The van der Waals surface area contributed by atoms with E-state index in [-0.39, 0.29) is 24.0 Å². The van der Waals surface area contributed by atoms with Crippen LogP contribution < -0.4 is 20.3 Å². The van der Waals surface area contributed by atoms with Crippen molar-refractivity contribution in [3.05, 3.63) is 53.7 Å². The Labute approximate surface area is 191 Å². The zero-order valence-electron chi connectivity index (χ0n) is 17.4. The summed E-state index contributed by atoms with van der Waals surface area (Å²) in [6.07, 6.45) is 5.34. The van der Waals surface area contributed by atoms with E-state index in [4.69, 9.17) is 9.73 Å². The number of methoxy groups -OCH3 is 1. The van der Waals surface area contributed by atoms with Gasteiger partial charge in [0.15, 0.2) is 5.96 Å². The molecule has 0 atom stereocenters. The van der Waals surface area contributed by atoms with E-state index in [1.165, 1.54) is 24.0 Å². The highest BCUT2D eigenvalue weighted by molar-refractivity contribution is 14.0. The van der Waals surface area contributed by atoms with Gasteiger partial charge >= 0.3 is 0 Å². The van der Waals surface area contributed by atoms with E-state index in [1.807, 2.05) is 24.4 Å². The van der Waals surface area contributed by atoms with E-state index in [9.17, 15) is 0 Å². The molecule has 0 saturated carbocycles. The van der Waals surface area contributed by atoms with Crippen molar-refractivity contribution in [3.8, 4) is 5.75 Å². The van der Waals surface area contributed by atoms with Gasteiger partial charge < -0.3 is 20.3 Å². The third-order valence-corrected chi connectivity index (χ3v) is 4.87. The Morgan fingerprint density at radius 2 is 1.86 bits per heavy atom. The number of hydrogen-bond acceptors (Lipinski definition) is 4. The standard InChI is InChI=1S/C22H31N5O.HI/c1-3-23-22(25-13-10-18-6-8-20(28-2)9-7-18)26-17-19-11-12-24-21(16-19)27-14-4-5-15-27;/h6-9,11-12,16H,3-5,10,13-15,17H2,1-2H3,(H2,23,25,26);1H. The Bertz CT molecular complexity index is 760. The Morgan fingerprint density at radius 1 is 1.10 bits per heavy atom. The number of aliphatic imine (C=N–C) groups is 1. The third kappa shape index (κ3) is 7.38. The average Bonchev–Trinajstić information content (AvgIpc) is 3.28. The summed E-state index contributed by atoms with van der Waals surface area (Å²) in [6, 6.07) is 12.4. The number of pyridine rings is 1. The maximum atomic E-state index is 5.21. The van der Waals surface area contributed by atoms with Crippen LogP contribution in [0.1, 0.15) is 30.9 Å². The average molecular weight is 509 g/mol. The minimum absolute atomic E-state index is 0. The number of halogens is 1. The first-order chi connectivity index (χ1) is 13.8. The molecule has 1 saturated heterocycles. The molecule has 2 aromatic rings. The van der Waals surface area contributed by atoms with Crippen molar-refractivity contribution in [3.63, 3.8) is 0 Å². The molecule has 2 N–H and O–H groups in total. The fourth-order valence-electron chi connectivity index (χ4n) is 3.31. The summed E-state index contributed by atoms with van der Waals surface area (Å²) in [5.41, 5.74) is 2.46. The summed E-state index contributed by atoms with van der Waals surface area (Å²) < 4.78 is 5.21. The maximum absolute atomic E-state index is 5.21. The summed E-state index contributed by atoms with van der Waals surface area (Å²) >= 11 is 0. The van der Waals surface area contributed by atoms with Gasteiger partial charge in [-0.1, -0.05) is 12.1 Å². The van der Waals surface area contributed by atoms with Crippen LogP contribution >= 0.6 is 24.0 Å². The lowest BCUT2D eigenvalue weighted by Gasteiger charge is -2.16. The van der Waals surface area contributed by atoms with Crippen LogP contribution in [0.3, 0.4) is 0 Å². The first-order valence-corrected chi connectivity index (χ1v) is 10.1. The minimum atomic E-state index is 0. The number of nitrogens with one attached hydrogen (secondary N) is 2. The van der Waals surface area contributed by atoms with Crippen molar-refractivity contribution in [2.45, 2.75) is 32.7 Å². The van der Waals surface area contributed by atoms with Crippen LogP contribution in [0, 0.1) is 0 Å². The third-order valence-electron chi connectivity index (χ3n) is 4.87. The van der Waals surface area contributed by atoms with Gasteiger partial charge in [0.25, 0.3) is 0 Å². The molecule has 7 heteroatoms. The molecule has 1 aliphatic rings. The Morgan fingerprint density at radius 3 is 2.55 bits per heavy atom. The second-order valence-electron chi connectivity index (χ2n) is 6.94. The van der Waals surface area contributed by atoms with Crippen molar-refractivity contribution in [1.29, 1.82) is 0 Å². The van der Waals surface area contributed by atoms with Crippen LogP contribution in [-0.2, 0) is 13.0 Å². The van der Waals surface area contributed by atoms with Gasteiger partial charge in [0.2, 0.25) is 0 Å². The van der Waals surface area contributed by atoms with Crippen molar-refractivity contribution in [2.24, 2.45) is 4.99 Å². The van der Waals surface area contributed by atoms with Crippen LogP contribution in [0.4, 0.5) is 5.82 Å². The van der Waals surface area contributed by atoms with Gasteiger partial charge in [-0.3, -0.25) is 0 Å². The van der Waals surface area contributed by atoms with Gasteiger partial charge in [-0.05, 0) is 61.6 Å². The summed E-state index contributed by atoms with van der Waals surface area (Å²) in [6.45, 7) is 6.60. The van der Waals surface area contributed by atoms with Crippen molar-refractivity contribution in [2.75, 3.05) is 38.2 Å². The van der Waals surface area contributed by atoms with Crippen LogP contribution in [0.25, 0.3) is 0 Å². The lowest BCUT2D eigenvalue weighted by molar-refractivity contribution is 0.414. The zero-order chi connectivity index (χ0) is 19.6. The van der Waals surface area contributed by atoms with Crippen LogP contribution in [0.5, 0.6) is 5.75 Å². The van der Waals surface area contributed by atoms with Gasteiger partial charge in [-0.25, -0.2) is 9.98 Å². The lowest BCUT2D eigenvalue weighted by atomic mass is 10.1. The van der Waals surface area contributed by atoms with Gasteiger partial charge in [-0.2, -0.15) is 0 Å². The molecule has 1 aromatic heterocycles. The van der Waals surface area contributed by atoms with Gasteiger partial charge in [0, 0.05) is 32.4 Å². The molecule has 1 aromatic carbocycles. The molecule has 0 aliphatic carbocycles. The summed E-state index contributed by atoms with van der Waals surface area (Å²) in [5.74, 6) is 2.80. The van der Waals surface area contributed by atoms with Gasteiger partial charge in [0.1, 0.15) is 11.6 Å². The largest absolute Gasteiger partial charge is 0.497 e. The summed E-state index contributed by atoms with van der Waals surface area (Å²) in [4.78, 5) is 11.6. The molecule has 1 aliphatic heterocycles. The monoisotopic (exact) mass is 509 g/mol. The second-order valence-corrected chi connectivity index (χ2v) is 6.94. The molecule has 158 valence electrons.